The molecule has 1 aromatic heterocycles. The van der Waals surface area contributed by atoms with Crippen molar-refractivity contribution in [3.8, 4) is 5.69 Å². The molecule has 0 fully saturated rings. The Kier molecular flexibility index (Phi) is 2.00. The van der Waals surface area contributed by atoms with Crippen molar-refractivity contribution in [2.75, 3.05) is 0 Å². The first-order valence-corrected chi connectivity index (χ1v) is 5.40. The molecule has 3 aromatic rings. The number of aryl methyl sites for hydroxylation is 1. The number of nitrogens with one attached hydrogen (secondary N) is 1. The summed E-state index contributed by atoms with van der Waals surface area (Å²) in [5.74, 6) is 0. The van der Waals surface area contributed by atoms with Gasteiger partial charge in [0.25, 0.3) is 0 Å². The zero-order valence-corrected chi connectivity index (χ0v) is 9.14. The van der Waals surface area contributed by atoms with E-state index in [4.69, 9.17) is 0 Å². The number of benzene rings is 2. The van der Waals surface area contributed by atoms with Crippen LogP contribution in [0.15, 0.2) is 54.9 Å². The highest BCUT2D eigenvalue weighted by atomic mass is 15.0. The normalized spacial score (nSPS) is 10.8. The molecular weight excluding hydrogens is 196 g/mol. The molecular formula is C14H13N2+. The van der Waals surface area contributed by atoms with Gasteiger partial charge in [0.15, 0.2) is 11.0 Å². The van der Waals surface area contributed by atoms with Crippen LogP contribution in [0.4, 0.5) is 0 Å². The van der Waals surface area contributed by atoms with Crippen LogP contribution in [0, 0.1) is 6.92 Å². The van der Waals surface area contributed by atoms with Crippen molar-refractivity contribution in [2.45, 2.75) is 6.92 Å². The Balaban J connectivity index is 2.30. The summed E-state index contributed by atoms with van der Waals surface area (Å²) in [4.78, 5) is 3.32. The summed E-state index contributed by atoms with van der Waals surface area (Å²) in [6.07, 6.45) is 2.01. The first-order valence-electron chi connectivity index (χ1n) is 5.40. The Hall–Kier alpha value is -2.09. The molecule has 0 bridgehead atoms. The number of rotatable bonds is 1. The average Bonchev–Trinajstić information content (AvgIpc) is 2.75. The van der Waals surface area contributed by atoms with Crippen LogP contribution in [0.3, 0.4) is 0 Å². The van der Waals surface area contributed by atoms with Crippen molar-refractivity contribution < 1.29 is 4.57 Å². The fourth-order valence-corrected chi connectivity index (χ4v) is 2.04. The lowest BCUT2D eigenvalue weighted by atomic mass is 10.2. The molecule has 0 radical (unpaired) electrons. The third kappa shape index (κ3) is 1.31. The van der Waals surface area contributed by atoms with Gasteiger partial charge in [-0.1, -0.05) is 30.3 Å². The Morgan fingerprint density at radius 2 is 1.75 bits per heavy atom. The van der Waals surface area contributed by atoms with Gasteiger partial charge in [0, 0.05) is 5.56 Å². The summed E-state index contributed by atoms with van der Waals surface area (Å²) in [7, 11) is 0. The minimum Gasteiger partial charge on any atom is -0.243 e. The van der Waals surface area contributed by atoms with E-state index < -0.39 is 0 Å². The van der Waals surface area contributed by atoms with Gasteiger partial charge < -0.3 is 0 Å². The fourth-order valence-electron chi connectivity index (χ4n) is 2.04. The highest BCUT2D eigenvalue weighted by molar-refractivity contribution is 5.75. The van der Waals surface area contributed by atoms with E-state index in [2.05, 4.69) is 58.9 Å². The average molecular weight is 209 g/mol. The molecule has 1 heterocycles. The first-order chi connectivity index (χ1) is 7.86. The molecule has 0 amide bonds. The van der Waals surface area contributed by atoms with Crippen LogP contribution in [-0.4, -0.2) is 4.98 Å². The molecule has 0 atom stereocenters. The van der Waals surface area contributed by atoms with Crippen LogP contribution in [0.2, 0.25) is 0 Å². The minimum atomic E-state index is 1.18. The molecule has 2 nitrogen and oxygen atoms in total. The van der Waals surface area contributed by atoms with Gasteiger partial charge in [0.1, 0.15) is 5.69 Å². The van der Waals surface area contributed by atoms with Crippen LogP contribution in [-0.2, 0) is 0 Å². The molecule has 0 unspecified atom stereocenters. The second-order valence-electron chi connectivity index (χ2n) is 3.95. The van der Waals surface area contributed by atoms with Crippen molar-refractivity contribution in [2.24, 2.45) is 0 Å². The summed E-state index contributed by atoms with van der Waals surface area (Å²) in [6, 6.07) is 16.7. The quantitative estimate of drug-likeness (QED) is 0.595. The van der Waals surface area contributed by atoms with Crippen molar-refractivity contribution in [3.05, 3.63) is 60.4 Å². The molecule has 1 N–H and O–H groups in total. The summed E-state index contributed by atoms with van der Waals surface area (Å²) < 4.78 is 2.17. The van der Waals surface area contributed by atoms with Gasteiger partial charge in [0.05, 0.1) is 0 Å². The third-order valence-electron chi connectivity index (χ3n) is 2.88. The monoisotopic (exact) mass is 209 g/mol. The molecule has 0 aliphatic carbocycles. The number of hydrogen-bond donors (Lipinski definition) is 1. The number of fused-ring (bicyclic) bond motifs is 1. The number of imidazole rings is 1. The molecule has 78 valence electrons. The minimum absolute atomic E-state index is 1.18. The van der Waals surface area contributed by atoms with E-state index in [1.54, 1.807) is 0 Å². The molecule has 3 rings (SSSR count). The molecule has 0 aliphatic rings. The topological polar surface area (TPSA) is 19.7 Å². The number of aromatic amines is 1. The standard InChI is InChI=1S/C14H12N2/c1-11-6-5-9-13-14(11)15-10-16(13)12-7-3-2-4-8-12/h2-10H,1H3/p+1. The van der Waals surface area contributed by atoms with E-state index in [-0.39, 0.29) is 0 Å². The maximum absolute atomic E-state index is 3.32. The Bertz CT molecular complexity index is 624. The van der Waals surface area contributed by atoms with Gasteiger partial charge in [-0.05, 0) is 25.1 Å². The second kappa shape index (κ2) is 3.49. The van der Waals surface area contributed by atoms with Crippen LogP contribution in [0.25, 0.3) is 16.7 Å². The number of hydrogen-bond acceptors (Lipinski definition) is 0. The molecule has 0 aliphatic heterocycles. The van der Waals surface area contributed by atoms with E-state index in [9.17, 15) is 0 Å². The summed E-state index contributed by atoms with van der Waals surface area (Å²) >= 11 is 0. The zero-order valence-electron chi connectivity index (χ0n) is 9.14. The summed E-state index contributed by atoms with van der Waals surface area (Å²) in [5, 5.41) is 0. The predicted octanol–water partition coefficient (Wildman–Crippen LogP) is 2.75. The molecule has 0 spiro atoms. The highest BCUT2D eigenvalue weighted by Crippen LogP contribution is 2.13. The van der Waals surface area contributed by atoms with Crippen LogP contribution < -0.4 is 4.57 Å². The fraction of sp³-hybridized carbons (Fsp3) is 0.0714. The number of para-hydroxylation sites is 2. The lowest BCUT2D eigenvalue weighted by molar-refractivity contribution is -0.567. The summed E-state index contributed by atoms with van der Waals surface area (Å²) in [6.45, 7) is 2.12. The SMILES string of the molecule is Cc1cccc2c1[nH]c[n+]2-c1ccccc1. The first kappa shape index (κ1) is 9.16. The number of aromatic nitrogens is 2. The van der Waals surface area contributed by atoms with Gasteiger partial charge in [-0.25, -0.2) is 4.98 Å². The van der Waals surface area contributed by atoms with E-state index >= 15 is 0 Å². The van der Waals surface area contributed by atoms with Gasteiger partial charge in [-0.3, -0.25) is 0 Å². The Morgan fingerprint density at radius 1 is 0.938 bits per heavy atom. The second-order valence-corrected chi connectivity index (χ2v) is 3.95. The van der Waals surface area contributed by atoms with E-state index in [0.29, 0.717) is 0 Å². The summed E-state index contributed by atoms with van der Waals surface area (Å²) in [5.41, 5.74) is 4.86. The third-order valence-corrected chi connectivity index (χ3v) is 2.88. The lowest BCUT2D eigenvalue weighted by Crippen LogP contribution is -2.28. The van der Waals surface area contributed by atoms with Gasteiger partial charge in [-0.15, -0.1) is 0 Å². The largest absolute Gasteiger partial charge is 0.247 e. The van der Waals surface area contributed by atoms with Crippen molar-refractivity contribution in [1.29, 1.82) is 0 Å². The van der Waals surface area contributed by atoms with Crippen LogP contribution >= 0.6 is 0 Å². The maximum Gasteiger partial charge on any atom is 0.247 e. The van der Waals surface area contributed by atoms with Crippen LogP contribution in [0.1, 0.15) is 5.56 Å². The number of H-pyrrole nitrogens is 1. The molecule has 0 saturated heterocycles. The van der Waals surface area contributed by atoms with Crippen molar-refractivity contribution in [1.82, 2.24) is 4.98 Å². The molecule has 16 heavy (non-hydrogen) atoms. The zero-order chi connectivity index (χ0) is 11.0. The van der Waals surface area contributed by atoms with Gasteiger partial charge in [-0.2, -0.15) is 4.57 Å². The smallest absolute Gasteiger partial charge is 0.243 e. The van der Waals surface area contributed by atoms with Crippen molar-refractivity contribution >= 4 is 11.0 Å². The van der Waals surface area contributed by atoms with Gasteiger partial charge in [0.2, 0.25) is 6.33 Å². The van der Waals surface area contributed by atoms with E-state index in [0.717, 1.165) is 0 Å². The lowest BCUT2D eigenvalue weighted by Gasteiger charge is -1.96. The molecule has 2 aromatic carbocycles. The molecule has 0 saturated carbocycles. The maximum atomic E-state index is 3.32. The van der Waals surface area contributed by atoms with Gasteiger partial charge >= 0.3 is 0 Å². The molecule has 2 heteroatoms. The van der Waals surface area contributed by atoms with E-state index in [1.807, 2.05) is 12.4 Å². The Labute approximate surface area is 94.2 Å². The van der Waals surface area contributed by atoms with Crippen molar-refractivity contribution in [3.63, 3.8) is 0 Å². The van der Waals surface area contributed by atoms with E-state index in [1.165, 1.54) is 22.3 Å². The van der Waals surface area contributed by atoms with Crippen LogP contribution in [0.5, 0.6) is 0 Å². The highest BCUT2D eigenvalue weighted by Gasteiger charge is 2.12. The Morgan fingerprint density at radius 3 is 2.56 bits per heavy atom. The number of nitrogens with zero attached hydrogens (tertiary/aromatic N) is 1. The predicted molar refractivity (Wildman–Crippen MR) is 64.6 cm³/mol.